The van der Waals surface area contributed by atoms with Gasteiger partial charge in [0.2, 0.25) is 0 Å². The van der Waals surface area contributed by atoms with E-state index in [0.717, 1.165) is 5.01 Å². The molecule has 2 rings (SSSR count). The first-order valence-corrected chi connectivity index (χ1v) is 5.29. The largest absolute Gasteiger partial charge is 0.281 e. The van der Waals surface area contributed by atoms with Gasteiger partial charge in [0.15, 0.2) is 0 Å². The maximum absolute atomic E-state index is 11.9. The van der Waals surface area contributed by atoms with Crippen molar-refractivity contribution in [3.8, 4) is 0 Å². The highest BCUT2D eigenvalue weighted by Gasteiger charge is 2.35. The molecule has 82 valence electrons. The van der Waals surface area contributed by atoms with E-state index in [2.05, 4.69) is 17.7 Å². The average Bonchev–Trinajstić information content (AvgIpc) is 2.57. The molecule has 1 heterocycles. The predicted octanol–water partition coefficient (Wildman–Crippen LogP) is 1.34. The Balaban J connectivity index is 2.28. The van der Waals surface area contributed by atoms with Crippen LogP contribution in [0.15, 0.2) is 35.4 Å². The molecule has 16 heavy (non-hydrogen) atoms. The first-order chi connectivity index (χ1) is 7.61. The molecule has 0 radical (unpaired) electrons. The summed E-state index contributed by atoms with van der Waals surface area (Å²) in [7, 11) is 0. The molecule has 0 N–H and O–H groups in total. The van der Waals surface area contributed by atoms with Crippen molar-refractivity contribution in [2.24, 2.45) is 5.10 Å². The summed E-state index contributed by atoms with van der Waals surface area (Å²) in [5.74, 6) is -0.809. The highest BCUT2D eigenvalue weighted by atomic mass is 32.1. The number of rotatable bonds is 1. The lowest BCUT2D eigenvalue weighted by Gasteiger charge is -2.10. The zero-order valence-electron chi connectivity index (χ0n) is 8.62. The fraction of sp³-hybridized carbons (Fsp3) is 0.182. The smallest absolute Gasteiger partial charge is 0.271 e. The Hall–Kier alpha value is -1.62. The van der Waals surface area contributed by atoms with Crippen LogP contribution in [0.2, 0.25) is 0 Å². The van der Waals surface area contributed by atoms with Gasteiger partial charge in [-0.25, -0.2) is 0 Å². The molecule has 0 aromatic heterocycles. The Morgan fingerprint density at radius 3 is 2.50 bits per heavy atom. The van der Waals surface area contributed by atoms with Gasteiger partial charge in [0.05, 0.1) is 5.71 Å². The lowest BCUT2D eigenvalue weighted by molar-refractivity contribution is -0.125. The molecule has 0 aliphatic carbocycles. The standard InChI is InChI=1S/C11H10N2O2S/c1-7-9(16)11(15)13(12-7)10(14)8-5-3-2-4-6-8/h2-6,9,16H,1H3. The third-order valence-corrected chi connectivity index (χ3v) is 2.90. The highest BCUT2D eigenvalue weighted by Crippen LogP contribution is 2.17. The topological polar surface area (TPSA) is 49.7 Å². The van der Waals surface area contributed by atoms with E-state index in [1.54, 1.807) is 37.3 Å². The van der Waals surface area contributed by atoms with E-state index in [9.17, 15) is 9.59 Å². The molecule has 0 saturated heterocycles. The summed E-state index contributed by atoms with van der Waals surface area (Å²) in [6, 6.07) is 8.57. The maximum Gasteiger partial charge on any atom is 0.281 e. The van der Waals surface area contributed by atoms with Crippen molar-refractivity contribution in [3.63, 3.8) is 0 Å². The molecule has 1 aliphatic rings. The van der Waals surface area contributed by atoms with E-state index in [-0.39, 0.29) is 0 Å². The van der Waals surface area contributed by atoms with E-state index in [1.807, 2.05) is 0 Å². The molecule has 5 heteroatoms. The molecule has 0 spiro atoms. The molecule has 0 bridgehead atoms. The fourth-order valence-corrected chi connectivity index (χ4v) is 1.57. The first-order valence-electron chi connectivity index (χ1n) is 4.78. The molecular weight excluding hydrogens is 224 g/mol. The lowest BCUT2D eigenvalue weighted by Crippen LogP contribution is -2.32. The number of amides is 2. The fourth-order valence-electron chi connectivity index (χ4n) is 1.40. The summed E-state index contributed by atoms with van der Waals surface area (Å²) >= 11 is 4.07. The Morgan fingerprint density at radius 1 is 1.38 bits per heavy atom. The van der Waals surface area contributed by atoms with Gasteiger partial charge in [-0.3, -0.25) is 9.59 Å². The summed E-state index contributed by atoms with van der Waals surface area (Å²) in [6.07, 6.45) is 0. The summed E-state index contributed by atoms with van der Waals surface area (Å²) in [4.78, 5) is 23.6. The van der Waals surface area contributed by atoms with Gasteiger partial charge in [-0.2, -0.15) is 22.7 Å². The van der Waals surface area contributed by atoms with Crippen LogP contribution in [0.4, 0.5) is 0 Å². The minimum Gasteiger partial charge on any atom is -0.271 e. The Bertz CT molecular complexity index is 470. The number of hydrazone groups is 1. The van der Waals surface area contributed by atoms with Gasteiger partial charge in [0.1, 0.15) is 5.25 Å². The molecule has 1 atom stereocenters. The molecule has 1 unspecified atom stereocenters. The van der Waals surface area contributed by atoms with Crippen molar-refractivity contribution in [2.75, 3.05) is 0 Å². The Morgan fingerprint density at radius 2 is 2.00 bits per heavy atom. The van der Waals surface area contributed by atoms with Crippen molar-refractivity contribution in [1.82, 2.24) is 5.01 Å². The Labute approximate surface area is 98.4 Å². The van der Waals surface area contributed by atoms with Crippen LogP contribution in [0.1, 0.15) is 17.3 Å². The number of carbonyl (C=O) groups excluding carboxylic acids is 2. The van der Waals surface area contributed by atoms with Crippen molar-refractivity contribution in [3.05, 3.63) is 35.9 Å². The van der Waals surface area contributed by atoms with Crippen LogP contribution in [0, 0.1) is 0 Å². The van der Waals surface area contributed by atoms with Crippen LogP contribution in [0.3, 0.4) is 0 Å². The molecular formula is C11H10N2O2S. The van der Waals surface area contributed by atoms with Crippen LogP contribution < -0.4 is 0 Å². The van der Waals surface area contributed by atoms with Gasteiger partial charge >= 0.3 is 0 Å². The minimum atomic E-state index is -0.604. The average molecular weight is 234 g/mol. The molecule has 4 nitrogen and oxygen atoms in total. The SMILES string of the molecule is CC1=NN(C(=O)c2ccccc2)C(=O)C1S. The summed E-state index contributed by atoms with van der Waals surface area (Å²) in [6.45, 7) is 1.67. The third-order valence-electron chi connectivity index (χ3n) is 2.31. The van der Waals surface area contributed by atoms with Crippen molar-refractivity contribution in [2.45, 2.75) is 12.2 Å². The monoisotopic (exact) mass is 234 g/mol. The van der Waals surface area contributed by atoms with Crippen LogP contribution in [-0.4, -0.2) is 27.8 Å². The van der Waals surface area contributed by atoms with Crippen LogP contribution >= 0.6 is 12.6 Å². The number of thiol groups is 1. The van der Waals surface area contributed by atoms with Crippen LogP contribution in [-0.2, 0) is 4.79 Å². The second-order valence-electron chi connectivity index (χ2n) is 3.47. The highest BCUT2D eigenvalue weighted by molar-refractivity contribution is 7.82. The van der Waals surface area contributed by atoms with Crippen molar-refractivity contribution >= 4 is 30.2 Å². The molecule has 0 fully saturated rings. The van der Waals surface area contributed by atoms with Crippen LogP contribution in [0.5, 0.6) is 0 Å². The number of hydrogen-bond acceptors (Lipinski definition) is 4. The molecule has 0 saturated carbocycles. The maximum atomic E-state index is 11.9. The quantitative estimate of drug-likeness (QED) is 0.589. The van der Waals surface area contributed by atoms with Gasteiger partial charge < -0.3 is 0 Å². The van der Waals surface area contributed by atoms with Gasteiger partial charge in [-0.15, -0.1) is 0 Å². The normalized spacial score (nSPS) is 19.9. The lowest BCUT2D eigenvalue weighted by atomic mass is 10.2. The molecule has 1 aromatic rings. The number of carbonyl (C=O) groups is 2. The molecule has 1 aliphatic heterocycles. The minimum absolute atomic E-state index is 0.394. The number of nitrogens with zero attached hydrogens (tertiary/aromatic N) is 2. The van der Waals surface area contributed by atoms with E-state index in [1.165, 1.54) is 0 Å². The molecule has 1 aromatic carbocycles. The molecule has 2 amide bonds. The van der Waals surface area contributed by atoms with E-state index < -0.39 is 17.1 Å². The number of hydrogen-bond donors (Lipinski definition) is 1. The van der Waals surface area contributed by atoms with Crippen molar-refractivity contribution < 1.29 is 9.59 Å². The zero-order chi connectivity index (χ0) is 11.7. The van der Waals surface area contributed by atoms with E-state index in [4.69, 9.17) is 0 Å². The van der Waals surface area contributed by atoms with Gasteiger partial charge in [0, 0.05) is 5.56 Å². The second-order valence-corrected chi connectivity index (χ2v) is 3.98. The third kappa shape index (κ3) is 1.74. The first kappa shape index (κ1) is 10.9. The zero-order valence-corrected chi connectivity index (χ0v) is 9.52. The van der Waals surface area contributed by atoms with Gasteiger partial charge in [0.25, 0.3) is 11.8 Å². The number of imide groups is 1. The number of benzene rings is 1. The van der Waals surface area contributed by atoms with E-state index in [0.29, 0.717) is 11.3 Å². The predicted molar refractivity (Wildman–Crippen MR) is 63.5 cm³/mol. The van der Waals surface area contributed by atoms with Gasteiger partial charge in [-0.05, 0) is 19.1 Å². The Kier molecular flexibility index (Phi) is 2.78. The van der Waals surface area contributed by atoms with Crippen molar-refractivity contribution in [1.29, 1.82) is 0 Å². The second kappa shape index (κ2) is 4.09. The van der Waals surface area contributed by atoms with E-state index >= 15 is 0 Å². The summed E-state index contributed by atoms with van der Waals surface area (Å²) in [5, 5.41) is 4.17. The van der Waals surface area contributed by atoms with Crippen LogP contribution in [0.25, 0.3) is 0 Å². The summed E-state index contributed by atoms with van der Waals surface area (Å²) in [5.41, 5.74) is 0.979. The summed E-state index contributed by atoms with van der Waals surface area (Å²) < 4.78 is 0. The van der Waals surface area contributed by atoms with Gasteiger partial charge in [-0.1, -0.05) is 18.2 Å².